The summed E-state index contributed by atoms with van der Waals surface area (Å²) in [5, 5.41) is 19.5. The van der Waals surface area contributed by atoms with Crippen LogP contribution in [0.4, 0.5) is 17.6 Å². The third-order valence-electron chi connectivity index (χ3n) is 26.2. The molecule has 14 atom stereocenters. The Bertz CT molecular complexity index is 4460. The number of amides is 4. The third kappa shape index (κ3) is 19.6. The number of esters is 2. The van der Waals surface area contributed by atoms with E-state index in [2.05, 4.69) is 29.8 Å². The summed E-state index contributed by atoms with van der Waals surface area (Å²) in [5.74, 6) is -14.7. The van der Waals surface area contributed by atoms with Crippen molar-refractivity contribution in [1.29, 1.82) is 0 Å². The molecule has 26 nitrogen and oxygen atoms in total. The number of rotatable bonds is 24. The molecule has 2 aromatic heterocycles. The first-order chi connectivity index (χ1) is 55.3. The summed E-state index contributed by atoms with van der Waals surface area (Å²) in [5.41, 5.74) is -7.01. The fraction of sp³-hybridized carbons (Fsp3) is 0.674. The van der Waals surface area contributed by atoms with Crippen LogP contribution in [0.2, 0.25) is 0 Å². The van der Waals surface area contributed by atoms with Crippen molar-refractivity contribution in [3.05, 3.63) is 72.8 Å². The van der Waals surface area contributed by atoms with Crippen LogP contribution in [0.3, 0.4) is 0 Å². The first kappa shape index (κ1) is 90.3. The molecule has 4 saturated carbocycles. The SMILES string of the molecule is CCOc1nnc(O[C@@H]2C[C@H]3C(=O)C[C@]4(C(=O)NS(=O)(=O)C5(C)CC5)C[C@H]4/C=C\CC[C@@H](C)C[C@@H](CC)[C@H](CC(=O)OC(C)(C)C(C)(F)F)C(=O)N3C2)c2ccccc12.CCOc1nnc(O[C@@H]2C[C@H]3C(=O)C[C@]4(C(=O)NS(=O)(=O)C5(C)CC5)C[C@H]4/C=C\CC[C@H](C)C[C@@H](CC)[C@H](CC(=O)OC(C)(C)C(C)(F)F)C(=O)N3C2)c2ccccc12. The van der Waals surface area contributed by atoms with E-state index in [4.69, 9.17) is 28.4 Å². The summed E-state index contributed by atoms with van der Waals surface area (Å²) in [6, 6.07) is 12.2. The lowest BCUT2D eigenvalue weighted by Gasteiger charge is -2.35. The van der Waals surface area contributed by atoms with Crippen molar-refractivity contribution in [2.24, 2.45) is 58.2 Å². The second-order valence-electron chi connectivity index (χ2n) is 35.9. The minimum absolute atomic E-state index is 0.00180. The Kier molecular flexibility index (Phi) is 26.8. The molecule has 8 aliphatic rings. The van der Waals surface area contributed by atoms with Gasteiger partial charge in [-0.3, -0.25) is 47.8 Å². The highest BCUT2D eigenvalue weighted by atomic mass is 32.2. The molecule has 4 amide bonds. The molecule has 2 aromatic carbocycles. The zero-order valence-corrected chi connectivity index (χ0v) is 71.8. The molecular formula is C86H116F4N8O18S2. The zero-order valence-electron chi connectivity index (χ0n) is 70.2. The molecule has 648 valence electrons. The van der Waals surface area contributed by atoms with Gasteiger partial charge in [0.1, 0.15) is 12.2 Å². The predicted octanol–water partition coefficient (Wildman–Crippen LogP) is 13.5. The summed E-state index contributed by atoms with van der Waals surface area (Å²) < 4.78 is 149. The van der Waals surface area contributed by atoms with Crippen molar-refractivity contribution in [3.8, 4) is 23.5 Å². The van der Waals surface area contributed by atoms with Crippen molar-refractivity contribution in [1.82, 2.24) is 39.6 Å². The maximum Gasteiger partial charge on any atom is 0.307 e. The summed E-state index contributed by atoms with van der Waals surface area (Å²) >= 11 is 0. The van der Waals surface area contributed by atoms with Gasteiger partial charge in [-0.2, -0.15) is 0 Å². The van der Waals surface area contributed by atoms with Crippen LogP contribution in [0.15, 0.2) is 72.8 Å². The van der Waals surface area contributed by atoms with Gasteiger partial charge in [-0.25, -0.2) is 34.4 Å². The molecule has 2 N–H and O–H groups in total. The Morgan fingerprint density at radius 3 is 1.16 bits per heavy atom. The van der Waals surface area contributed by atoms with Gasteiger partial charge in [0.05, 0.1) is 105 Å². The summed E-state index contributed by atoms with van der Waals surface area (Å²) in [4.78, 5) is 118. The number of ether oxygens (including phenoxy) is 6. The van der Waals surface area contributed by atoms with E-state index >= 15 is 9.59 Å². The number of benzene rings is 2. The monoisotopic (exact) mass is 1690 g/mol. The largest absolute Gasteiger partial charge is 0.476 e. The van der Waals surface area contributed by atoms with Gasteiger partial charge in [-0.1, -0.05) is 89.1 Å². The maximum absolute atomic E-state index is 15.1. The van der Waals surface area contributed by atoms with Gasteiger partial charge in [0.15, 0.2) is 22.8 Å². The number of alkyl halides is 4. The number of fused-ring (bicyclic) bond motifs is 6. The third-order valence-corrected chi connectivity index (χ3v) is 30.6. The van der Waals surface area contributed by atoms with Crippen LogP contribution in [-0.4, -0.2) is 177 Å². The van der Waals surface area contributed by atoms with Crippen molar-refractivity contribution in [2.75, 3.05) is 26.3 Å². The number of allylic oxidation sites excluding steroid dienone is 4. The number of ketones is 2. The van der Waals surface area contributed by atoms with Crippen molar-refractivity contribution >= 4 is 88.7 Å². The maximum atomic E-state index is 15.1. The first-order valence-electron chi connectivity index (χ1n) is 41.7. The lowest BCUT2D eigenvalue weighted by molar-refractivity contribution is -0.197. The molecule has 0 spiro atoms. The van der Waals surface area contributed by atoms with Crippen LogP contribution >= 0.6 is 0 Å². The highest BCUT2D eigenvalue weighted by Crippen LogP contribution is 2.60. The Morgan fingerprint density at radius 2 is 0.847 bits per heavy atom. The average Bonchev–Trinajstić information content (AvgIpc) is 1.57. The normalized spacial score (nSPS) is 29.3. The molecule has 6 fully saturated rings. The van der Waals surface area contributed by atoms with E-state index in [1.807, 2.05) is 90.1 Å². The van der Waals surface area contributed by atoms with E-state index in [9.17, 15) is 63.2 Å². The smallest absolute Gasteiger partial charge is 0.307 e. The molecule has 0 unspecified atom stereocenters. The number of carbonyl (C=O) groups excluding carboxylic acids is 8. The molecule has 2 saturated heterocycles. The Hall–Kier alpha value is -8.42. The number of Topliss-reactive ketones (excluding diaryl/α,β-unsaturated/α-hetero) is 2. The van der Waals surface area contributed by atoms with E-state index in [0.717, 1.165) is 27.7 Å². The lowest BCUT2D eigenvalue weighted by Crippen LogP contribution is -2.49. The second kappa shape index (κ2) is 35.0. The number of aromatic nitrogens is 4. The first-order valence-corrected chi connectivity index (χ1v) is 44.7. The molecule has 12 rings (SSSR count). The summed E-state index contributed by atoms with van der Waals surface area (Å²) in [7, 11) is -8.03. The van der Waals surface area contributed by atoms with Crippen LogP contribution < -0.4 is 28.4 Å². The molecule has 118 heavy (non-hydrogen) atoms. The number of sulfonamides is 2. The number of halogens is 4. The van der Waals surface area contributed by atoms with Crippen LogP contribution in [0.5, 0.6) is 23.5 Å². The van der Waals surface area contributed by atoms with Crippen LogP contribution in [0, 0.1) is 58.2 Å². The van der Waals surface area contributed by atoms with Gasteiger partial charge in [-0.05, 0) is 192 Å². The zero-order chi connectivity index (χ0) is 86.3. The van der Waals surface area contributed by atoms with E-state index in [0.29, 0.717) is 137 Å². The minimum atomic E-state index is -4.01. The summed E-state index contributed by atoms with van der Waals surface area (Å²) in [6.45, 7) is 21.0. The van der Waals surface area contributed by atoms with E-state index in [1.165, 1.54) is 9.80 Å². The number of nitrogens with one attached hydrogen (secondary N) is 2. The topological polar surface area (TPSA) is 342 Å². The van der Waals surface area contributed by atoms with E-state index in [1.54, 1.807) is 38.1 Å². The summed E-state index contributed by atoms with van der Waals surface area (Å²) in [6.07, 6.45) is 11.4. The van der Waals surface area contributed by atoms with Gasteiger partial charge in [0, 0.05) is 39.5 Å². The molecule has 0 bridgehead atoms. The van der Waals surface area contributed by atoms with Gasteiger partial charge < -0.3 is 38.2 Å². The molecule has 4 aliphatic heterocycles. The number of hydrogen-bond acceptors (Lipinski definition) is 22. The number of nitrogens with zero attached hydrogens (tertiary/aromatic N) is 6. The van der Waals surface area contributed by atoms with Crippen molar-refractivity contribution < 1.29 is 101 Å². The Balaban J connectivity index is 0.000000231. The van der Waals surface area contributed by atoms with Crippen molar-refractivity contribution in [2.45, 2.75) is 282 Å². The average molecular weight is 1690 g/mol. The highest BCUT2D eigenvalue weighted by molar-refractivity contribution is 7.92. The Morgan fingerprint density at radius 1 is 0.517 bits per heavy atom. The fourth-order valence-corrected chi connectivity index (χ4v) is 19.6. The second-order valence-corrected chi connectivity index (χ2v) is 40.3. The van der Waals surface area contributed by atoms with Gasteiger partial charge in [0.2, 0.25) is 67.2 Å². The molecule has 6 heterocycles. The van der Waals surface area contributed by atoms with Crippen LogP contribution in [-0.2, 0) is 67.9 Å². The fourth-order valence-electron chi connectivity index (χ4n) is 17.0. The molecule has 4 aromatic rings. The van der Waals surface area contributed by atoms with Crippen LogP contribution in [0.25, 0.3) is 21.5 Å². The van der Waals surface area contributed by atoms with Crippen LogP contribution in [0.1, 0.15) is 225 Å². The van der Waals surface area contributed by atoms with E-state index in [-0.39, 0.29) is 87.0 Å². The van der Waals surface area contributed by atoms with E-state index < -0.39 is 171 Å². The molecular weight excluding hydrogens is 1570 g/mol. The number of hydrogen-bond donors (Lipinski definition) is 2. The Labute approximate surface area is 689 Å². The molecule has 4 aliphatic carbocycles. The van der Waals surface area contributed by atoms with Gasteiger partial charge in [-0.15, -0.1) is 20.4 Å². The quantitative estimate of drug-likeness (QED) is 0.0374. The molecule has 32 heteroatoms. The standard InChI is InChI=1S/2C43H58F2N4O9S/c2*1-8-27-20-26(3)14-10-11-15-28-23-43(28,39(53)48-59(54,55)41(6)18-19-41)24-34(50)33-21-29(57-37-31-17-13-12-16-30(31)36(46-47-37)56-9-2)25-49(33)38(52)32(27)22-35(51)58-40(4,5)42(7,44)45/h2*11-13,15-17,26-29,32-33H,8-10,14,18-25H2,1-7H3,(H,48,53)/b2*15-11-/t26-,27+,28+,29+,32-,33-,43+;26-,27-,28-,29-,32+,33+,43-/m01/s1. The highest BCUT2D eigenvalue weighted by Gasteiger charge is 2.65. The number of carbonyl (C=O) groups is 8. The van der Waals surface area contributed by atoms with Crippen molar-refractivity contribution in [3.63, 3.8) is 0 Å². The predicted molar refractivity (Wildman–Crippen MR) is 430 cm³/mol. The van der Waals surface area contributed by atoms with Gasteiger partial charge >= 0.3 is 11.9 Å². The minimum Gasteiger partial charge on any atom is -0.476 e. The molecule has 0 radical (unpaired) electrons. The lowest BCUT2D eigenvalue weighted by atomic mass is 9.79. The van der Waals surface area contributed by atoms with Gasteiger partial charge in [0.25, 0.3) is 11.8 Å².